The lowest BCUT2D eigenvalue weighted by molar-refractivity contribution is -0.142. The highest BCUT2D eigenvalue weighted by Gasteiger charge is 2.20. The molecule has 29 heavy (non-hydrogen) atoms. The van der Waals surface area contributed by atoms with Crippen LogP contribution in [0.5, 0.6) is 5.75 Å². The van der Waals surface area contributed by atoms with E-state index >= 15 is 0 Å². The van der Waals surface area contributed by atoms with Crippen LogP contribution in [0.3, 0.4) is 0 Å². The molecule has 0 saturated heterocycles. The molecule has 3 rings (SSSR count). The molecule has 148 valence electrons. The highest BCUT2D eigenvalue weighted by Crippen LogP contribution is 2.24. The Kier molecular flexibility index (Phi) is 6.87. The van der Waals surface area contributed by atoms with Gasteiger partial charge in [0.15, 0.2) is 6.61 Å². The van der Waals surface area contributed by atoms with Gasteiger partial charge in [-0.3, -0.25) is 4.79 Å². The minimum absolute atomic E-state index is 0.205. The average Bonchev–Trinajstić information content (AvgIpc) is 2.73. The number of halogens is 1. The largest absolute Gasteiger partial charge is 0.484 e. The molecule has 0 fully saturated rings. The first-order valence-electron chi connectivity index (χ1n) is 9.06. The maximum absolute atomic E-state index is 12.1. The summed E-state index contributed by atoms with van der Waals surface area (Å²) in [4.78, 5) is 23.6. The molecule has 1 amide bonds. The van der Waals surface area contributed by atoms with Crippen LogP contribution in [-0.2, 0) is 16.0 Å². The number of nitrogens with one attached hydrogen (secondary N) is 1. The highest BCUT2D eigenvalue weighted by molar-refractivity contribution is 6.30. The summed E-state index contributed by atoms with van der Waals surface area (Å²) in [6, 6.07) is 22.9. The van der Waals surface area contributed by atoms with Crippen LogP contribution in [0.4, 0.5) is 0 Å². The molecule has 5 nitrogen and oxygen atoms in total. The van der Waals surface area contributed by atoms with E-state index in [9.17, 15) is 14.7 Å². The maximum Gasteiger partial charge on any atom is 0.326 e. The summed E-state index contributed by atoms with van der Waals surface area (Å²) in [5, 5.41) is 12.5. The smallest absolute Gasteiger partial charge is 0.326 e. The van der Waals surface area contributed by atoms with E-state index in [1.54, 1.807) is 12.1 Å². The van der Waals surface area contributed by atoms with E-state index in [0.717, 1.165) is 16.7 Å². The second-order valence-corrected chi connectivity index (χ2v) is 6.91. The second kappa shape index (κ2) is 9.75. The van der Waals surface area contributed by atoms with Crippen LogP contribution in [0, 0.1) is 0 Å². The van der Waals surface area contributed by atoms with Gasteiger partial charge in [-0.2, -0.15) is 0 Å². The fourth-order valence-corrected chi connectivity index (χ4v) is 3.04. The number of hydrogen-bond donors (Lipinski definition) is 2. The van der Waals surface area contributed by atoms with Crippen LogP contribution in [-0.4, -0.2) is 29.6 Å². The van der Waals surface area contributed by atoms with Crippen molar-refractivity contribution >= 4 is 23.5 Å². The van der Waals surface area contributed by atoms with E-state index < -0.39 is 17.9 Å². The Bertz CT molecular complexity index is 974. The van der Waals surface area contributed by atoms with Gasteiger partial charge >= 0.3 is 5.97 Å². The van der Waals surface area contributed by atoms with Crippen molar-refractivity contribution in [3.8, 4) is 16.9 Å². The molecule has 2 N–H and O–H groups in total. The molecule has 1 atom stereocenters. The van der Waals surface area contributed by atoms with E-state index in [1.165, 1.54) is 0 Å². The first kappa shape index (κ1) is 20.4. The van der Waals surface area contributed by atoms with Crippen molar-refractivity contribution in [1.82, 2.24) is 5.32 Å². The third kappa shape index (κ3) is 6.09. The van der Waals surface area contributed by atoms with Gasteiger partial charge in [0, 0.05) is 11.4 Å². The Balaban J connectivity index is 1.54. The minimum Gasteiger partial charge on any atom is -0.484 e. The van der Waals surface area contributed by atoms with Gasteiger partial charge in [-0.25, -0.2) is 4.79 Å². The summed E-state index contributed by atoms with van der Waals surface area (Å²) in [5.74, 6) is -1.07. The number of amides is 1. The van der Waals surface area contributed by atoms with E-state index in [-0.39, 0.29) is 13.0 Å². The number of ether oxygens (including phenoxy) is 1. The highest BCUT2D eigenvalue weighted by atomic mass is 35.5. The van der Waals surface area contributed by atoms with Crippen LogP contribution in [0.15, 0.2) is 78.9 Å². The van der Waals surface area contributed by atoms with Gasteiger partial charge < -0.3 is 15.2 Å². The monoisotopic (exact) mass is 409 g/mol. The van der Waals surface area contributed by atoms with Crippen molar-refractivity contribution in [3.63, 3.8) is 0 Å². The van der Waals surface area contributed by atoms with E-state index in [4.69, 9.17) is 16.3 Å². The molecule has 3 aromatic rings. The first-order valence-corrected chi connectivity index (χ1v) is 9.44. The number of rotatable bonds is 8. The lowest BCUT2D eigenvalue weighted by atomic mass is 10.1. The molecule has 0 aliphatic rings. The van der Waals surface area contributed by atoms with Gasteiger partial charge in [0.1, 0.15) is 11.8 Å². The summed E-state index contributed by atoms with van der Waals surface area (Å²) in [5.41, 5.74) is 2.78. The molecule has 0 aliphatic carbocycles. The van der Waals surface area contributed by atoms with Crippen molar-refractivity contribution in [3.05, 3.63) is 89.4 Å². The molecule has 0 radical (unpaired) electrons. The molecule has 3 aromatic carbocycles. The number of carboxylic acids is 1. The van der Waals surface area contributed by atoms with Gasteiger partial charge in [0.25, 0.3) is 5.91 Å². The summed E-state index contributed by atoms with van der Waals surface area (Å²) in [6.07, 6.45) is 0.205. The number of aliphatic carboxylic acids is 1. The zero-order valence-corrected chi connectivity index (χ0v) is 16.3. The lowest BCUT2D eigenvalue weighted by Gasteiger charge is -2.15. The Hall–Kier alpha value is -3.31. The SMILES string of the molecule is O=C(COc1ccc(-c2cccc(Cl)c2)cc1)N[C@@H](Cc1ccccc1)C(=O)O. The number of carboxylic acid groups (broad SMARTS) is 1. The summed E-state index contributed by atoms with van der Waals surface area (Å²) >= 11 is 6.01. The van der Waals surface area contributed by atoms with E-state index in [2.05, 4.69) is 5.32 Å². The Morgan fingerprint density at radius 2 is 1.66 bits per heavy atom. The normalized spacial score (nSPS) is 11.5. The number of carbonyl (C=O) groups excluding carboxylic acids is 1. The Labute approximate surface area is 173 Å². The molecular formula is C23H20ClNO4. The molecule has 0 aromatic heterocycles. The average molecular weight is 410 g/mol. The summed E-state index contributed by atoms with van der Waals surface area (Å²) in [7, 11) is 0. The number of benzene rings is 3. The van der Waals surface area contributed by atoms with Gasteiger partial charge in [0.2, 0.25) is 0 Å². The van der Waals surface area contributed by atoms with Gasteiger partial charge in [-0.05, 0) is 41.0 Å². The van der Waals surface area contributed by atoms with Crippen LogP contribution in [0.25, 0.3) is 11.1 Å². The van der Waals surface area contributed by atoms with E-state index in [1.807, 2.05) is 66.7 Å². The lowest BCUT2D eigenvalue weighted by Crippen LogP contribution is -2.44. The second-order valence-electron chi connectivity index (χ2n) is 6.47. The number of carbonyl (C=O) groups is 2. The third-order valence-corrected chi connectivity index (χ3v) is 4.53. The quantitative estimate of drug-likeness (QED) is 0.584. The maximum atomic E-state index is 12.1. The predicted octanol–water partition coefficient (Wildman–Crippen LogP) is 4.20. The van der Waals surface area contributed by atoms with Crippen molar-refractivity contribution in [2.45, 2.75) is 12.5 Å². The third-order valence-electron chi connectivity index (χ3n) is 4.30. The van der Waals surface area contributed by atoms with Crippen molar-refractivity contribution in [2.24, 2.45) is 0 Å². The Morgan fingerprint density at radius 3 is 2.31 bits per heavy atom. The summed E-state index contributed by atoms with van der Waals surface area (Å²) in [6.45, 7) is -0.269. The molecular weight excluding hydrogens is 390 g/mol. The topological polar surface area (TPSA) is 75.6 Å². The van der Waals surface area contributed by atoms with Gasteiger partial charge in [-0.1, -0.05) is 66.2 Å². The van der Waals surface area contributed by atoms with Crippen LogP contribution in [0.1, 0.15) is 5.56 Å². The van der Waals surface area contributed by atoms with Crippen molar-refractivity contribution < 1.29 is 19.4 Å². The van der Waals surface area contributed by atoms with Crippen molar-refractivity contribution in [1.29, 1.82) is 0 Å². The standard InChI is InChI=1S/C23H20ClNO4/c24-19-8-4-7-18(14-19)17-9-11-20(12-10-17)29-15-22(26)25-21(23(27)28)13-16-5-2-1-3-6-16/h1-12,14,21H,13,15H2,(H,25,26)(H,27,28)/t21-/m0/s1. The van der Waals surface area contributed by atoms with Crippen molar-refractivity contribution in [2.75, 3.05) is 6.61 Å². The minimum atomic E-state index is -1.09. The molecule has 0 heterocycles. The molecule has 0 bridgehead atoms. The molecule has 6 heteroatoms. The summed E-state index contributed by atoms with van der Waals surface area (Å²) < 4.78 is 5.48. The zero-order chi connectivity index (χ0) is 20.6. The number of hydrogen-bond acceptors (Lipinski definition) is 3. The fourth-order valence-electron chi connectivity index (χ4n) is 2.85. The molecule has 0 spiro atoms. The molecule has 0 aliphatic heterocycles. The molecule has 0 saturated carbocycles. The molecule has 0 unspecified atom stereocenters. The van der Waals surface area contributed by atoms with Crippen LogP contribution in [0.2, 0.25) is 5.02 Å². The fraction of sp³-hybridized carbons (Fsp3) is 0.130. The van der Waals surface area contributed by atoms with Crippen LogP contribution < -0.4 is 10.1 Å². The first-order chi connectivity index (χ1) is 14.0. The van der Waals surface area contributed by atoms with Crippen LogP contribution >= 0.6 is 11.6 Å². The van der Waals surface area contributed by atoms with Gasteiger partial charge in [-0.15, -0.1) is 0 Å². The van der Waals surface area contributed by atoms with E-state index in [0.29, 0.717) is 10.8 Å². The zero-order valence-electron chi connectivity index (χ0n) is 15.5. The van der Waals surface area contributed by atoms with Gasteiger partial charge in [0.05, 0.1) is 0 Å². The Morgan fingerprint density at radius 1 is 0.931 bits per heavy atom. The predicted molar refractivity (Wildman–Crippen MR) is 112 cm³/mol.